The van der Waals surface area contributed by atoms with E-state index in [1.807, 2.05) is 32.0 Å². The van der Waals surface area contributed by atoms with Crippen molar-refractivity contribution in [1.29, 1.82) is 0 Å². The third kappa shape index (κ3) is 5.10. The standard InChI is InChI=1S/C17H21N3O2S/c1-11(2)9-16(21)19-10-12-7-8-15(23-12)17(22)20-14-6-4-3-5-13(14)18/h3-8,11H,9-10,18H2,1-2H3,(H,19,21)(H,20,22). The average Bonchev–Trinajstić information content (AvgIpc) is 2.96. The van der Waals surface area contributed by atoms with Crippen LogP contribution < -0.4 is 16.4 Å². The second-order valence-corrected chi connectivity index (χ2v) is 6.85. The molecule has 0 saturated carbocycles. The highest BCUT2D eigenvalue weighted by Gasteiger charge is 2.11. The van der Waals surface area contributed by atoms with Gasteiger partial charge >= 0.3 is 0 Å². The molecule has 0 aliphatic rings. The van der Waals surface area contributed by atoms with Gasteiger partial charge in [0.15, 0.2) is 0 Å². The lowest BCUT2D eigenvalue weighted by Crippen LogP contribution is -2.23. The summed E-state index contributed by atoms with van der Waals surface area (Å²) in [6.45, 7) is 4.45. The number of nitrogens with two attached hydrogens (primary N) is 1. The largest absolute Gasteiger partial charge is 0.397 e. The lowest BCUT2D eigenvalue weighted by atomic mass is 10.1. The summed E-state index contributed by atoms with van der Waals surface area (Å²) in [5.41, 5.74) is 6.94. The molecule has 0 aliphatic heterocycles. The number of thiophene rings is 1. The molecule has 23 heavy (non-hydrogen) atoms. The van der Waals surface area contributed by atoms with Crippen LogP contribution in [0.25, 0.3) is 0 Å². The topological polar surface area (TPSA) is 84.2 Å². The molecular formula is C17H21N3O2S. The van der Waals surface area contributed by atoms with Crippen LogP contribution in [-0.4, -0.2) is 11.8 Å². The van der Waals surface area contributed by atoms with E-state index in [4.69, 9.17) is 5.73 Å². The fraction of sp³-hybridized carbons (Fsp3) is 0.294. The van der Waals surface area contributed by atoms with E-state index in [-0.39, 0.29) is 11.8 Å². The summed E-state index contributed by atoms with van der Waals surface area (Å²) in [5, 5.41) is 5.65. The minimum absolute atomic E-state index is 0.0245. The number of anilines is 2. The first kappa shape index (κ1) is 17.0. The van der Waals surface area contributed by atoms with Crippen LogP contribution in [0.5, 0.6) is 0 Å². The van der Waals surface area contributed by atoms with Gasteiger partial charge in [0.25, 0.3) is 5.91 Å². The maximum atomic E-state index is 12.2. The van der Waals surface area contributed by atoms with Crippen molar-refractivity contribution in [3.8, 4) is 0 Å². The lowest BCUT2D eigenvalue weighted by Gasteiger charge is -2.06. The van der Waals surface area contributed by atoms with Crippen LogP contribution in [0.4, 0.5) is 11.4 Å². The maximum Gasteiger partial charge on any atom is 0.265 e. The van der Waals surface area contributed by atoms with Gasteiger partial charge in [-0.25, -0.2) is 0 Å². The van der Waals surface area contributed by atoms with E-state index in [9.17, 15) is 9.59 Å². The summed E-state index contributed by atoms with van der Waals surface area (Å²) in [7, 11) is 0. The van der Waals surface area contributed by atoms with Crippen molar-refractivity contribution in [1.82, 2.24) is 5.32 Å². The molecule has 5 nitrogen and oxygen atoms in total. The van der Waals surface area contributed by atoms with Gasteiger partial charge in [0.2, 0.25) is 5.91 Å². The molecule has 0 unspecified atom stereocenters. The molecule has 0 atom stereocenters. The molecule has 122 valence electrons. The number of hydrogen-bond acceptors (Lipinski definition) is 4. The number of hydrogen-bond donors (Lipinski definition) is 3. The molecule has 2 amide bonds. The Morgan fingerprint density at radius 3 is 2.61 bits per heavy atom. The van der Waals surface area contributed by atoms with Gasteiger partial charge in [-0.2, -0.15) is 0 Å². The molecular weight excluding hydrogens is 310 g/mol. The molecule has 0 spiro atoms. The summed E-state index contributed by atoms with van der Waals surface area (Å²) >= 11 is 1.36. The van der Waals surface area contributed by atoms with Gasteiger partial charge in [0.05, 0.1) is 22.8 Å². The normalized spacial score (nSPS) is 10.6. The Balaban J connectivity index is 1.92. The minimum Gasteiger partial charge on any atom is -0.397 e. The first-order valence-corrected chi connectivity index (χ1v) is 8.28. The highest BCUT2D eigenvalue weighted by molar-refractivity contribution is 7.14. The van der Waals surface area contributed by atoms with Crippen LogP contribution >= 0.6 is 11.3 Å². The van der Waals surface area contributed by atoms with Crippen LogP contribution in [0.2, 0.25) is 0 Å². The van der Waals surface area contributed by atoms with E-state index >= 15 is 0 Å². The predicted octanol–water partition coefficient (Wildman–Crippen LogP) is 3.24. The summed E-state index contributed by atoms with van der Waals surface area (Å²) in [4.78, 5) is 25.4. The first-order valence-electron chi connectivity index (χ1n) is 7.47. The summed E-state index contributed by atoms with van der Waals surface area (Å²) in [6, 6.07) is 10.7. The number of para-hydroxylation sites is 2. The molecule has 1 heterocycles. The zero-order chi connectivity index (χ0) is 16.8. The van der Waals surface area contributed by atoms with Crippen molar-refractivity contribution < 1.29 is 9.59 Å². The van der Waals surface area contributed by atoms with Crippen LogP contribution in [0.3, 0.4) is 0 Å². The van der Waals surface area contributed by atoms with Gasteiger partial charge in [-0.3, -0.25) is 9.59 Å². The number of nitrogen functional groups attached to an aromatic ring is 1. The molecule has 0 fully saturated rings. The smallest absolute Gasteiger partial charge is 0.265 e. The van der Waals surface area contributed by atoms with Crippen LogP contribution in [0, 0.1) is 5.92 Å². The number of carbonyl (C=O) groups is 2. The highest BCUT2D eigenvalue weighted by Crippen LogP contribution is 2.21. The Bertz CT molecular complexity index is 695. The van der Waals surface area contributed by atoms with Crippen molar-refractivity contribution in [2.45, 2.75) is 26.8 Å². The quantitative estimate of drug-likeness (QED) is 0.710. The van der Waals surface area contributed by atoms with E-state index in [1.54, 1.807) is 18.2 Å². The zero-order valence-corrected chi connectivity index (χ0v) is 14.1. The molecule has 2 rings (SSSR count). The second-order valence-electron chi connectivity index (χ2n) is 5.68. The van der Waals surface area contributed by atoms with E-state index in [0.717, 1.165) is 4.88 Å². The van der Waals surface area contributed by atoms with Crippen molar-refractivity contribution >= 4 is 34.5 Å². The van der Waals surface area contributed by atoms with Crippen molar-refractivity contribution in [3.05, 3.63) is 46.2 Å². The molecule has 0 bridgehead atoms. The van der Waals surface area contributed by atoms with Crippen LogP contribution in [0.1, 0.15) is 34.8 Å². The van der Waals surface area contributed by atoms with Crippen molar-refractivity contribution in [2.24, 2.45) is 5.92 Å². The van der Waals surface area contributed by atoms with Gasteiger partial charge in [0, 0.05) is 11.3 Å². The number of amides is 2. The fourth-order valence-electron chi connectivity index (χ4n) is 2.02. The maximum absolute atomic E-state index is 12.2. The van der Waals surface area contributed by atoms with Crippen LogP contribution in [-0.2, 0) is 11.3 Å². The lowest BCUT2D eigenvalue weighted by molar-refractivity contribution is -0.121. The molecule has 4 N–H and O–H groups in total. The fourth-order valence-corrected chi connectivity index (χ4v) is 2.86. The van der Waals surface area contributed by atoms with Crippen molar-refractivity contribution in [2.75, 3.05) is 11.1 Å². The van der Waals surface area contributed by atoms with E-state index in [0.29, 0.717) is 35.1 Å². The average molecular weight is 331 g/mol. The van der Waals surface area contributed by atoms with Gasteiger partial charge < -0.3 is 16.4 Å². The Labute approximate surface area is 139 Å². The summed E-state index contributed by atoms with van der Waals surface area (Å²) < 4.78 is 0. The number of benzene rings is 1. The SMILES string of the molecule is CC(C)CC(=O)NCc1ccc(C(=O)Nc2ccccc2N)s1. The van der Waals surface area contributed by atoms with E-state index in [1.165, 1.54) is 11.3 Å². The predicted molar refractivity (Wildman–Crippen MR) is 94.4 cm³/mol. The number of nitrogens with one attached hydrogen (secondary N) is 2. The van der Waals surface area contributed by atoms with Gasteiger partial charge in [0.1, 0.15) is 0 Å². The molecule has 0 aliphatic carbocycles. The molecule has 6 heteroatoms. The molecule has 2 aromatic rings. The monoisotopic (exact) mass is 331 g/mol. The minimum atomic E-state index is -0.201. The Morgan fingerprint density at radius 2 is 1.91 bits per heavy atom. The first-order chi connectivity index (χ1) is 11.0. The third-order valence-corrected chi connectivity index (χ3v) is 4.23. The van der Waals surface area contributed by atoms with E-state index < -0.39 is 0 Å². The zero-order valence-electron chi connectivity index (χ0n) is 13.3. The van der Waals surface area contributed by atoms with Crippen molar-refractivity contribution in [3.63, 3.8) is 0 Å². The van der Waals surface area contributed by atoms with E-state index in [2.05, 4.69) is 10.6 Å². The van der Waals surface area contributed by atoms with Gasteiger partial charge in [-0.1, -0.05) is 26.0 Å². The molecule has 1 aromatic carbocycles. The molecule has 0 saturated heterocycles. The summed E-state index contributed by atoms with van der Waals surface area (Å²) in [5.74, 6) is 0.153. The van der Waals surface area contributed by atoms with Gasteiger partial charge in [-0.15, -0.1) is 11.3 Å². The Kier molecular flexibility index (Phi) is 5.76. The Hall–Kier alpha value is -2.34. The summed E-state index contributed by atoms with van der Waals surface area (Å²) in [6.07, 6.45) is 0.506. The second kappa shape index (κ2) is 7.78. The highest BCUT2D eigenvalue weighted by atomic mass is 32.1. The number of carbonyl (C=O) groups excluding carboxylic acids is 2. The third-order valence-electron chi connectivity index (χ3n) is 3.15. The Morgan fingerprint density at radius 1 is 1.17 bits per heavy atom. The number of rotatable bonds is 6. The molecule has 1 aromatic heterocycles. The molecule has 0 radical (unpaired) electrons. The van der Waals surface area contributed by atoms with Gasteiger partial charge in [-0.05, 0) is 30.2 Å². The van der Waals surface area contributed by atoms with Crippen LogP contribution in [0.15, 0.2) is 36.4 Å².